The number of benzene rings is 1. The Bertz CT molecular complexity index is 818. The molecule has 0 aliphatic carbocycles. The smallest absolute Gasteiger partial charge is 0.312 e. The van der Waals surface area contributed by atoms with Crippen molar-refractivity contribution in [1.29, 1.82) is 0 Å². The zero-order valence-electron chi connectivity index (χ0n) is 14.7. The summed E-state index contributed by atoms with van der Waals surface area (Å²) < 4.78 is 11.0. The standard InChI is InChI=1S/C19H22N4O2/c1-19(2,3)14-6-8-15(9-7-14)24-16-10-4-13(12-21-16)5-11-17-22-23-18(20)25-17/h4,6-10,12H,5,11H2,1-3H3,(H2,20,23). The summed E-state index contributed by atoms with van der Waals surface area (Å²) in [5.41, 5.74) is 7.86. The summed E-state index contributed by atoms with van der Waals surface area (Å²) in [6.45, 7) is 6.56. The molecule has 25 heavy (non-hydrogen) atoms. The van der Waals surface area contributed by atoms with Gasteiger partial charge in [-0.05, 0) is 35.1 Å². The van der Waals surface area contributed by atoms with Crippen molar-refractivity contribution in [2.45, 2.75) is 39.0 Å². The molecule has 0 atom stereocenters. The number of anilines is 1. The number of nitrogen functional groups attached to an aromatic ring is 1. The van der Waals surface area contributed by atoms with Crippen molar-refractivity contribution >= 4 is 6.01 Å². The molecule has 6 nitrogen and oxygen atoms in total. The lowest BCUT2D eigenvalue weighted by molar-refractivity contribution is 0.461. The van der Waals surface area contributed by atoms with Crippen LogP contribution in [0.3, 0.4) is 0 Å². The summed E-state index contributed by atoms with van der Waals surface area (Å²) in [5.74, 6) is 1.86. The van der Waals surface area contributed by atoms with Gasteiger partial charge in [0.2, 0.25) is 11.8 Å². The average molecular weight is 338 g/mol. The van der Waals surface area contributed by atoms with Gasteiger partial charge in [0.25, 0.3) is 0 Å². The maximum Gasteiger partial charge on any atom is 0.312 e. The van der Waals surface area contributed by atoms with Gasteiger partial charge in [-0.3, -0.25) is 0 Å². The summed E-state index contributed by atoms with van der Waals surface area (Å²) in [6.07, 6.45) is 3.16. The number of rotatable bonds is 5. The van der Waals surface area contributed by atoms with E-state index in [1.807, 2.05) is 24.3 Å². The highest BCUT2D eigenvalue weighted by atomic mass is 16.5. The van der Waals surface area contributed by atoms with Crippen LogP contribution in [0, 0.1) is 0 Å². The van der Waals surface area contributed by atoms with Gasteiger partial charge < -0.3 is 14.9 Å². The molecule has 0 spiro atoms. The van der Waals surface area contributed by atoms with Gasteiger partial charge in [0.15, 0.2) is 0 Å². The first-order valence-corrected chi connectivity index (χ1v) is 8.21. The first kappa shape index (κ1) is 17.0. The van der Waals surface area contributed by atoms with E-state index in [2.05, 4.69) is 48.1 Å². The molecule has 0 aliphatic rings. The Morgan fingerprint density at radius 1 is 1.00 bits per heavy atom. The molecule has 1 aromatic carbocycles. The second-order valence-corrected chi connectivity index (χ2v) is 6.92. The number of nitrogens with two attached hydrogens (primary N) is 1. The Morgan fingerprint density at radius 2 is 1.76 bits per heavy atom. The highest BCUT2D eigenvalue weighted by Gasteiger charge is 2.13. The van der Waals surface area contributed by atoms with Crippen molar-refractivity contribution in [3.8, 4) is 11.6 Å². The Kier molecular flexibility index (Phi) is 4.70. The van der Waals surface area contributed by atoms with Crippen molar-refractivity contribution in [2.75, 3.05) is 5.73 Å². The van der Waals surface area contributed by atoms with Crippen LogP contribution in [-0.4, -0.2) is 15.2 Å². The summed E-state index contributed by atoms with van der Waals surface area (Å²) in [4.78, 5) is 4.35. The number of nitrogens with zero attached hydrogens (tertiary/aromatic N) is 3. The van der Waals surface area contributed by atoms with E-state index in [4.69, 9.17) is 14.9 Å². The third-order valence-corrected chi connectivity index (χ3v) is 3.85. The van der Waals surface area contributed by atoms with E-state index in [0.29, 0.717) is 18.2 Å². The van der Waals surface area contributed by atoms with E-state index in [9.17, 15) is 0 Å². The molecular weight excluding hydrogens is 316 g/mol. The van der Waals surface area contributed by atoms with Crippen LogP contribution in [0.2, 0.25) is 0 Å². The van der Waals surface area contributed by atoms with Crippen molar-refractivity contribution in [3.05, 3.63) is 59.6 Å². The van der Waals surface area contributed by atoms with E-state index in [0.717, 1.165) is 17.7 Å². The van der Waals surface area contributed by atoms with E-state index in [1.165, 1.54) is 5.56 Å². The second-order valence-electron chi connectivity index (χ2n) is 6.92. The number of pyridine rings is 1. The van der Waals surface area contributed by atoms with Crippen molar-refractivity contribution in [1.82, 2.24) is 15.2 Å². The number of hydrogen-bond donors (Lipinski definition) is 1. The molecule has 2 heterocycles. The minimum absolute atomic E-state index is 0.0920. The van der Waals surface area contributed by atoms with Crippen molar-refractivity contribution < 1.29 is 9.15 Å². The lowest BCUT2D eigenvalue weighted by Crippen LogP contribution is -2.10. The first-order chi connectivity index (χ1) is 11.9. The van der Waals surface area contributed by atoms with Crippen LogP contribution >= 0.6 is 0 Å². The summed E-state index contributed by atoms with van der Waals surface area (Å²) in [6, 6.07) is 12.0. The lowest BCUT2D eigenvalue weighted by atomic mass is 9.87. The predicted octanol–water partition coefficient (Wildman–Crippen LogP) is 3.92. The maximum absolute atomic E-state index is 5.80. The molecule has 6 heteroatoms. The molecule has 0 saturated heterocycles. The van der Waals surface area contributed by atoms with Crippen molar-refractivity contribution in [2.24, 2.45) is 0 Å². The fourth-order valence-corrected chi connectivity index (χ4v) is 2.38. The molecule has 2 N–H and O–H groups in total. The molecule has 130 valence electrons. The Hall–Kier alpha value is -2.89. The van der Waals surface area contributed by atoms with Crippen LogP contribution in [0.25, 0.3) is 0 Å². The second kappa shape index (κ2) is 6.93. The molecular formula is C19H22N4O2. The maximum atomic E-state index is 5.80. The highest BCUT2D eigenvalue weighted by Crippen LogP contribution is 2.26. The fourth-order valence-electron chi connectivity index (χ4n) is 2.38. The van der Waals surface area contributed by atoms with Gasteiger partial charge in [-0.25, -0.2) is 4.98 Å². The first-order valence-electron chi connectivity index (χ1n) is 8.21. The molecule has 3 aromatic rings. The zero-order valence-corrected chi connectivity index (χ0v) is 14.7. The van der Waals surface area contributed by atoms with Crippen LogP contribution in [0.5, 0.6) is 11.6 Å². The van der Waals surface area contributed by atoms with Gasteiger partial charge >= 0.3 is 6.01 Å². The lowest BCUT2D eigenvalue weighted by Gasteiger charge is -2.19. The van der Waals surface area contributed by atoms with Gasteiger partial charge in [0.1, 0.15) is 5.75 Å². The Labute approximate surface area is 147 Å². The molecule has 0 radical (unpaired) electrons. The van der Waals surface area contributed by atoms with Crippen LogP contribution in [0.1, 0.15) is 37.8 Å². The Balaban J connectivity index is 1.58. The third kappa shape index (κ3) is 4.56. The predicted molar refractivity (Wildman–Crippen MR) is 95.6 cm³/mol. The van der Waals surface area contributed by atoms with Gasteiger partial charge in [-0.2, -0.15) is 0 Å². The monoisotopic (exact) mass is 338 g/mol. The summed E-state index contributed by atoms with van der Waals surface area (Å²) >= 11 is 0. The fraction of sp³-hybridized carbons (Fsp3) is 0.316. The molecule has 0 aliphatic heterocycles. The van der Waals surface area contributed by atoms with Crippen LogP contribution < -0.4 is 10.5 Å². The molecule has 0 fully saturated rings. The van der Waals surface area contributed by atoms with E-state index < -0.39 is 0 Å². The van der Waals surface area contributed by atoms with Gasteiger partial charge in [0.05, 0.1) is 0 Å². The van der Waals surface area contributed by atoms with E-state index >= 15 is 0 Å². The number of aryl methyl sites for hydroxylation is 2. The van der Waals surface area contributed by atoms with Gasteiger partial charge in [0, 0.05) is 18.7 Å². The summed E-state index contributed by atoms with van der Waals surface area (Å²) in [7, 11) is 0. The van der Waals surface area contributed by atoms with Crippen LogP contribution in [0.4, 0.5) is 6.01 Å². The normalized spacial score (nSPS) is 11.5. The molecule has 0 amide bonds. The molecule has 0 saturated carbocycles. The largest absolute Gasteiger partial charge is 0.439 e. The van der Waals surface area contributed by atoms with E-state index in [-0.39, 0.29) is 11.4 Å². The quantitative estimate of drug-likeness (QED) is 0.758. The average Bonchev–Trinajstić information content (AvgIpc) is 2.99. The molecule has 0 bridgehead atoms. The topological polar surface area (TPSA) is 87.1 Å². The molecule has 0 unspecified atom stereocenters. The Morgan fingerprint density at radius 3 is 2.32 bits per heavy atom. The SMILES string of the molecule is CC(C)(C)c1ccc(Oc2ccc(CCc3nnc(N)o3)cn2)cc1. The van der Waals surface area contributed by atoms with Gasteiger partial charge in [-0.15, -0.1) is 5.10 Å². The number of hydrogen-bond acceptors (Lipinski definition) is 6. The third-order valence-electron chi connectivity index (χ3n) is 3.85. The minimum atomic E-state index is 0.0920. The highest BCUT2D eigenvalue weighted by molar-refractivity contribution is 5.33. The van der Waals surface area contributed by atoms with Crippen LogP contribution in [-0.2, 0) is 18.3 Å². The summed E-state index contributed by atoms with van der Waals surface area (Å²) in [5, 5.41) is 7.48. The molecule has 3 rings (SSSR count). The zero-order chi connectivity index (χ0) is 17.9. The van der Waals surface area contributed by atoms with Gasteiger partial charge in [-0.1, -0.05) is 44.1 Å². The minimum Gasteiger partial charge on any atom is -0.439 e. The van der Waals surface area contributed by atoms with E-state index in [1.54, 1.807) is 6.20 Å². The number of aromatic nitrogens is 3. The van der Waals surface area contributed by atoms with Crippen LogP contribution in [0.15, 0.2) is 47.0 Å². The van der Waals surface area contributed by atoms with Crippen molar-refractivity contribution in [3.63, 3.8) is 0 Å². The molecule has 2 aromatic heterocycles. The number of ether oxygens (including phenoxy) is 1.